The van der Waals surface area contributed by atoms with Gasteiger partial charge in [-0.1, -0.05) is 30.3 Å². The van der Waals surface area contributed by atoms with E-state index in [-0.39, 0.29) is 30.8 Å². The SMILES string of the molecule is CC1(C)O[C@@H]2[C@@H](O)[C@@H](NCc3ccccc3)[C@H](CCO)[C@@H]2O1. The van der Waals surface area contributed by atoms with Crippen molar-refractivity contribution in [3.05, 3.63) is 35.9 Å². The Balaban J connectivity index is 1.70. The summed E-state index contributed by atoms with van der Waals surface area (Å²) in [5, 5.41) is 23.4. The molecule has 1 saturated heterocycles. The Bertz CT molecular complexity index is 493. The molecule has 3 N–H and O–H groups in total. The van der Waals surface area contributed by atoms with Crippen LogP contribution in [0.3, 0.4) is 0 Å². The Morgan fingerprint density at radius 3 is 2.50 bits per heavy atom. The van der Waals surface area contributed by atoms with Crippen molar-refractivity contribution in [1.82, 2.24) is 5.32 Å². The molecule has 5 atom stereocenters. The number of aliphatic hydroxyl groups is 2. The smallest absolute Gasteiger partial charge is 0.163 e. The highest BCUT2D eigenvalue weighted by atomic mass is 16.8. The summed E-state index contributed by atoms with van der Waals surface area (Å²) in [6.07, 6.45) is -0.554. The lowest BCUT2D eigenvalue weighted by atomic mass is 9.97. The molecule has 2 aliphatic rings. The molecular weight excluding hydrogens is 282 g/mol. The molecule has 0 unspecified atom stereocenters. The van der Waals surface area contributed by atoms with E-state index in [2.05, 4.69) is 5.32 Å². The van der Waals surface area contributed by atoms with Gasteiger partial charge in [-0.2, -0.15) is 0 Å². The molecule has 3 rings (SSSR count). The van der Waals surface area contributed by atoms with Gasteiger partial charge in [-0.05, 0) is 25.8 Å². The van der Waals surface area contributed by atoms with Crippen LogP contribution < -0.4 is 5.32 Å². The molecule has 0 spiro atoms. The number of nitrogens with one attached hydrogen (secondary N) is 1. The minimum Gasteiger partial charge on any atom is -0.396 e. The number of aliphatic hydroxyl groups excluding tert-OH is 2. The van der Waals surface area contributed by atoms with Crippen molar-refractivity contribution >= 4 is 0 Å². The second-order valence-corrected chi connectivity index (χ2v) is 6.62. The summed E-state index contributed by atoms with van der Waals surface area (Å²) in [6, 6.07) is 9.93. The Kier molecular flexibility index (Phi) is 4.52. The fourth-order valence-electron chi connectivity index (χ4n) is 3.67. The summed E-state index contributed by atoms with van der Waals surface area (Å²) in [7, 11) is 0. The predicted octanol–water partition coefficient (Wildman–Crippen LogP) is 1.04. The lowest BCUT2D eigenvalue weighted by molar-refractivity contribution is -0.170. The number of fused-ring (bicyclic) bond motifs is 1. The van der Waals surface area contributed by atoms with Crippen molar-refractivity contribution in [2.45, 2.75) is 57.0 Å². The minimum absolute atomic E-state index is 0.0375. The maximum atomic E-state index is 10.6. The van der Waals surface area contributed by atoms with E-state index in [1.54, 1.807) is 0 Å². The lowest BCUT2D eigenvalue weighted by Gasteiger charge is -2.29. The van der Waals surface area contributed by atoms with Gasteiger partial charge in [0.2, 0.25) is 0 Å². The highest BCUT2D eigenvalue weighted by Gasteiger charge is 2.57. The van der Waals surface area contributed by atoms with E-state index in [0.29, 0.717) is 13.0 Å². The van der Waals surface area contributed by atoms with Crippen LogP contribution >= 0.6 is 0 Å². The van der Waals surface area contributed by atoms with Crippen molar-refractivity contribution in [1.29, 1.82) is 0 Å². The van der Waals surface area contributed by atoms with E-state index < -0.39 is 11.9 Å². The van der Waals surface area contributed by atoms with E-state index in [4.69, 9.17) is 9.47 Å². The highest BCUT2D eigenvalue weighted by molar-refractivity contribution is 5.15. The zero-order valence-corrected chi connectivity index (χ0v) is 13.1. The average molecular weight is 307 g/mol. The third-order valence-corrected chi connectivity index (χ3v) is 4.60. The second-order valence-electron chi connectivity index (χ2n) is 6.62. The molecular formula is C17H25NO4. The van der Waals surface area contributed by atoms with E-state index in [1.165, 1.54) is 0 Å². The number of hydrogen-bond acceptors (Lipinski definition) is 5. The van der Waals surface area contributed by atoms with Gasteiger partial charge in [-0.15, -0.1) is 0 Å². The molecule has 0 amide bonds. The van der Waals surface area contributed by atoms with Gasteiger partial charge in [0, 0.05) is 25.1 Å². The number of ether oxygens (including phenoxy) is 2. The Hall–Kier alpha value is -0.980. The summed E-state index contributed by atoms with van der Waals surface area (Å²) in [5.74, 6) is -0.635. The fraction of sp³-hybridized carbons (Fsp3) is 0.647. The van der Waals surface area contributed by atoms with Gasteiger partial charge < -0.3 is 25.0 Å². The second kappa shape index (κ2) is 6.26. The summed E-state index contributed by atoms with van der Waals surface area (Å²) in [5.41, 5.74) is 1.16. The largest absolute Gasteiger partial charge is 0.396 e. The first-order valence-electron chi connectivity index (χ1n) is 7.94. The Morgan fingerprint density at radius 1 is 1.14 bits per heavy atom. The molecule has 1 saturated carbocycles. The molecule has 1 aromatic rings. The minimum atomic E-state index is -0.672. The zero-order chi connectivity index (χ0) is 15.7. The van der Waals surface area contributed by atoms with Gasteiger partial charge in [0.25, 0.3) is 0 Å². The van der Waals surface area contributed by atoms with Crippen molar-refractivity contribution in [3.8, 4) is 0 Å². The fourth-order valence-corrected chi connectivity index (χ4v) is 3.67. The maximum absolute atomic E-state index is 10.6. The highest BCUT2D eigenvalue weighted by Crippen LogP contribution is 2.43. The third-order valence-electron chi connectivity index (χ3n) is 4.60. The van der Waals surface area contributed by atoms with Crippen LogP contribution in [0.25, 0.3) is 0 Å². The number of benzene rings is 1. The van der Waals surface area contributed by atoms with E-state index in [9.17, 15) is 10.2 Å². The molecule has 22 heavy (non-hydrogen) atoms. The van der Waals surface area contributed by atoms with E-state index in [0.717, 1.165) is 5.56 Å². The molecule has 1 aliphatic carbocycles. The normalized spacial score (nSPS) is 36.5. The maximum Gasteiger partial charge on any atom is 0.163 e. The van der Waals surface area contributed by atoms with Crippen molar-refractivity contribution in [2.24, 2.45) is 5.92 Å². The summed E-state index contributed by atoms with van der Waals surface area (Å²) >= 11 is 0. The molecule has 1 aliphatic heterocycles. The van der Waals surface area contributed by atoms with Crippen LogP contribution in [-0.4, -0.2) is 47.0 Å². The molecule has 0 aromatic heterocycles. The summed E-state index contributed by atoms with van der Waals surface area (Å²) in [4.78, 5) is 0. The van der Waals surface area contributed by atoms with Gasteiger partial charge in [0.1, 0.15) is 6.10 Å². The first-order chi connectivity index (χ1) is 10.5. The van der Waals surface area contributed by atoms with Crippen molar-refractivity contribution < 1.29 is 19.7 Å². The molecule has 5 heteroatoms. The van der Waals surface area contributed by atoms with Gasteiger partial charge in [0.15, 0.2) is 5.79 Å². The molecule has 0 bridgehead atoms. The monoisotopic (exact) mass is 307 g/mol. The quantitative estimate of drug-likeness (QED) is 0.758. The van der Waals surface area contributed by atoms with Crippen molar-refractivity contribution in [3.63, 3.8) is 0 Å². The Morgan fingerprint density at radius 2 is 1.82 bits per heavy atom. The average Bonchev–Trinajstić information content (AvgIpc) is 2.92. The zero-order valence-electron chi connectivity index (χ0n) is 13.1. The van der Waals surface area contributed by atoms with Crippen LogP contribution in [0.4, 0.5) is 0 Å². The molecule has 1 heterocycles. The molecule has 5 nitrogen and oxygen atoms in total. The van der Waals surface area contributed by atoms with Crippen LogP contribution in [0.5, 0.6) is 0 Å². The topological polar surface area (TPSA) is 71.0 Å². The molecule has 2 fully saturated rings. The van der Waals surface area contributed by atoms with Gasteiger partial charge in [0.05, 0.1) is 12.2 Å². The molecule has 1 aromatic carbocycles. The first kappa shape index (κ1) is 15.9. The van der Waals surface area contributed by atoms with Crippen LogP contribution in [0.1, 0.15) is 25.8 Å². The van der Waals surface area contributed by atoms with Crippen molar-refractivity contribution in [2.75, 3.05) is 6.61 Å². The van der Waals surface area contributed by atoms with Crippen LogP contribution in [0, 0.1) is 5.92 Å². The van der Waals surface area contributed by atoms with Crippen LogP contribution in [0.15, 0.2) is 30.3 Å². The third kappa shape index (κ3) is 3.05. The van der Waals surface area contributed by atoms with Gasteiger partial charge in [-0.25, -0.2) is 0 Å². The molecule has 0 radical (unpaired) electrons. The van der Waals surface area contributed by atoms with E-state index in [1.807, 2.05) is 44.2 Å². The standard InChI is InChI=1S/C17H25NO4/c1-17(2)21-15-12(8-9-19)13(14(20)16(15)22-17)18-10-11-6-4-3-5-7-11/h3-7,12-16,18-20H,8-10H2,1-2H3/t12-,13-,14-,15-,16+/m0/s1. The van der Waals surface area contributed by atoms with Gasteiger partial charge >= 0.3 is 0 Å². The summed E-state index contributed by atoms with van der Waals surface area (Å²) < 4.78 is 11.8. The Labute approximate surface area is 131 Å². The summed E-state index contributed by atoms with van der Waals surface area (Å²) in [6.45, 7) is 4.47. The molecule has 122 valence electrons. The number of rotatable bonds is 5. The van der Waals surface area contributed by atoms with E-state index >= 15 is 0 Å². The first-order valence-corrected chi connectivity index (χ1v) is 7.94. The van der Waals surface area contributed by atoms with Gasteiger partial charge in [-0.3, -0.25) is 0 Å². The predicted molar refractivity (Wildman–Crippen MR) is 82.1 cm³/mol. The lowest BCUT2D eigenvalue weighted by Crippen LogP contribution is -2.45. The number of hydrogen-bond donors (Lipinski definition) is 3. The van der Waals surface area contributed by atoms with Crippen LogP contribution in [-0.2, 0) is 16.0 Å². The van der Waals surface area contributed by atoms with Crippen LogP contribution in [0.2, 0.25) is 0 Å².